The van der Waals surface area contributed by atoms with Crippen LogP contribution in [0.25, 0.3) is 0 Å². The first-order valence-corrected chi connectivity index (χ1v) is 7.01. The van der Waals surface area contributed by atoms with Crippen molar-refractivity contribution < 1.29 is 13.9 Å². The number of halogens is 2. The Morgan fingerprint density at radius 1 is 1.60 bits per heavy atom. The van der Waals surface area contributed by atoms with Crippen LogP contribution in [0.1, 0.15) is 12.8 Å². The Morgan fingerprint density at radius 2 is 2.40 bits per heavy atom. The monoisotopic (exact) mass is 300 g/mol. The zero-order valence-corrected chi connectivity index (χ0v) is 12.1. The van der Waals surface area contributed by atoms with Gasteiger partial charge in [-0.25, -0.2) is 4.39 Å². The zero-order chi connectivity index (χ0) is 14.5. The summed E-state index contributed by atoms with van der Waals surface area (Å²) >= 11 is 5.66. The molecule has 1 aromatic carbocycles. The van der Waals surface area contributed by atoms with Gasteiger partial charge in [0.1, 0.15) is 11.6 Å². The van der Waals surface area contributed by atoms with Crippen molar-refractivity contribution in [3.63, 3.8) is 0 Å². The molecule has 1 aliphatic rings. The second-order valence-electron chi connectivity index (χ2n) is 4.83. The number of benzene rings is 1. The van der Waals surface area contributed by atoms with Crippen molar-refractivity contribution in [3.05, 3.63) is 29.0 Å². The maximum atomic E-state index is 13.0. The summed E-state index contributed by atoms with van der Waals surface area (Å²) in [6.07, 6.45) is 2.06. The molecule has 1 atom stereocenters. The number of amides is 1. The number of nitrogens with zero attached hydrogens (tertiary/aromatic N) is 1. The molecule has 0 spiro atoms. The van der Waals surface area contributed by atoms with E-state index in [0.29, 0.717) is 18.3 Å². The van der Waals surface area contributed by atoms with E-state index in [-0.39, 0.29) is 17.5 Å². The number of carbonyl (C=O) groups is 1. The van der Waals surface area contributed by atoms with Gasteiger partial charge in [0.25, 0.3) is 5.91 Å². The number of hydrogen-bond acceptors (Lipinski definition) is 3. The van der Waals surface area contributed by atoms with Crippen LogP contribution in [0.2, 0.25) is 5.02 Å². The summed E-state index contributed by atoms with van der Waals surface area (Å²) < 4.78 is 18.4. The van der Waals surface area contributed by atoms with Crippen molar-refractivity contribution in [3.8, 4) is 5.75 Å². The first kappa shape index (κ1) is 15.1. The molecular weight excluding hydrogens is 283 g/mol. The van der Waals surface area contributed by atoms with Gasteiger partial charge in [-0.1, -0.05) is 11.6 Å². The van der Waals surface area contributed by atoms with E-state index in [1.54, 1.807) is 4.90 Å². The lowest BCUT2D eigenvalue weighted by atomic mass is 10.1. The molecule has 6 heteroatoms. The quantitative estimate of drug-likeness (QED) is 0.925. The van der Waals surface area contributed by atoms with Crippen LogP contribution < -0.4 is 10.1 Å². The van der Waals surface area contributed by atoms with Gasteiger partial charge in [-0.3, -0.25) is 4.79 Å². The standard InChI is InChI=1S/C14H18ClFN2O2/c1-17-10-3-2-6-18(8-10)14(19)9-20-11-4-5-13(16)12(15)7-11/h4-5,7,10,17H,2-3,6,8-9H2,1H3/t10-/m0/s1. The molecule has 4 nitrogen and oxygen atoms in total. The molecule has 2 rings (SSSR count). The summed E-state index contributed by atoms with van der Waals surface area (Å²) in [4.78, 5) is 13.8. The average molecular weight is 301 g/mol. The van der Waals surface area contributed by atoms with E-state index >= 15 is 0 Å². The van der Waals surface area contributed by atoms with E-state index in [2.05, 4.69) is 5.32 Å². The van der Waals surface area contributed by atoms with Crippen molar-refractivity contribution in [1.29, 1.82) is 0 Å². The number of ether oxygens (including phenoxy) is 1. The fraction of sp³-hybridized carbons (Fsp3) is 0.500. The molecule has 0 unspecified atom stereocenters. The second-order valence-corrected chi connectivity index (χ2v) is 5.24. The van der Waals surface area contributed by atoms with E-state index in [4.69, 9.17) is 16.3 Å². The number of rotatable bonds is 4. The molecule has 1 fully saturated rings. The van der Waals surface area contributed by atoms with Crippen LogP contribution in [0, 0.1) is 5.82 Å². The average Bonchev–Trinajstić information content (AvgIpc) is 2.48. The predicted octanol–water partition coefficient (Wildman–Crippen LogP) is 2.07. The summed E-state index contributed by atoms with van der Waals surface area (Å²) in [5.41, 5.74) is 0. The Morgan fingerprint density at radius 3 is 3.10 bits per heavy atom. The third-order valence-electron chi connectivity index (χ3n) is 3.44. The molecule has 0 bridgehead atoms. The molecule has 0 radical (unpaired) electrons. The minimum absolute atomic E-state index is 0.0110. The van der Waals surface area contributed by atoms with Crippen LogP contribution in [0.4, 0.5) is 4.39 Å². The normalized spacial score (nSPS) is 18.9. The summed E-state index contributed by atoms with van der Waals surface area (Å²) in [6, 6.07) is 4.39. The lowest BCUT2D eigenvalue weighted by Crippen LogP contribution is -2.48. The van der Waals surface area contributed by atoms with Gasteiger partial charge in [0.2, 0.25) is 0 Å². The first-order chi connectivity index (χ1) is 9.60. The fourth-order valence-electron chi connectivity index (χ4n) is 2.24. The number of likely N-dealkylation sites (tertiary alicyclic amines) is 1. The Hall–Kier alpha value is -1.33. The number of hydrogen-bond donors (Lipinski definition) is 1. The van der Waals surface area contributed by atoms with E-state index in [1.165, 1.54) is 18.2 Å². The highest BCUT2D eigenvalue weighted by atomic mass is 35.5. The summed E-state index contributed by atoms with van der Waals surface area (Å²) in [5, 5.41) is 3.17. The Labute approximate surface area is 122 Å². The molecule has 1 aromatic rings. The Balaban J connectivity index is 1.86. The Kier molecular flexibility index (Phi) is 5.20. The largest absolute Gasteiger partial charge is 0.484 e. The topological polar surface area (TPSA) is 41.6 Å². The van der Waals surface area contributed by atoms with Gasteiger partial charge in [-0.2, -0.15) is 0 Å². The van der Waals surface area contributed by atoms with E-state index in [9.17, 15) is 9.18 Å². The third-order valence-corrected chi connectivity index (χ3v) is 3.73. The van der Waals surface area contributed by atoms with Crippen LogP contribution in [0.5, 0.6) is 5.75 Å². The van der Waals surface area contributed by atoms with Crippen molar-refractivity contribution in [2.24, 2.45) is 0 Å². The number of nitrogens with one attached hydrogen (secondary N) is 1. The summed E-state index contributed by atoms with van der Waals surface area (Å²) in [7, 11) is 1.90. The van der Waals surface area contributed by atoms with Gasteiger partial charge < -0.3 is 15.0 Å². The maximum absolute atomic E-state index is 13.0. The van der Waals surface area contributed by atoms with E-state index in [0.717, 1.165) is 19.4 Å². The minimum atomic E-state index is -0.502. The van der Waals surface area contributed by atoms with Crippen molar-refractivity contribution in [2.75, 3.05) is 26.7 Å². The first-order valence-electron chi connectivity index (χ1n) is 6.63. The van der Waals surface area contributed by atoms with Gasteiger partial charge in [-0.05, 0) is 32.0 Å². The van der Waals surface area contributed by atoms with Crippen LogP contribution in [0.15, 0.2) is 18.2 Å². The molecule has 1 aliphatic heterocycles. The lowest BCUT2D eigenvalue weighted by molar-refractivity contribution is -0.134. The molecule has 1 saturated heterocycles. The molecule has 0 aromatic heterocycles. The van der Waals surface area contributed by atoms with Gasteiger partial charge in [0.15, 0.2) is 6.61 Å². The third kappa shape index (κ3) is 3.84. The summed E-state index contributed by atoms with van der Waals surface area (Å²) in [6.45, 7) is 1.39. The summed E-state index contributed by atoms with van der Waals surface area (Å²) in [5.74, 6) is -0.171. The molecule has 0 saturated carbocycles. The fourth-order valence-corrected chi connectivity index (χ4v) is 2.41. The highest BCUT2D eigenvalue weighted by Gasteiger charge is 2.22. The molecule has 0 aliphatic carbocycles. The van der Waals surface area contributed by atoms with E-state index < -0.39 is 5.82 Å². The van der Waals surface area contributed by atoms with Crippen molar-refractivity contribution in [2.45, 2.75) is 18.9 Å². The molecular formula is C14H18ClFN2O2. The number of carbonyl (C=O) groups excluding carboxylic acids is 1. The van der Waals surface area contributed by atoms with Crippen molar-refractivity contribution in [1.82, 2.24) is 10.2 Å². The lowest BCUT2D eigenvalue weighted by Gasteiger charge is -2.32. The molecule has 20 heavy (non-hydrogen) atoms. The smallest absolute Gasteiger partial charge is 0.260 e. The van der Waals surface area contributed by atoms with Gasteiger partial charge in [0.05, 0.1) is 5.02 Å². The molecule has 1 amide bonds. The second kappa shape index (κ2) is 6.90. The minimum Gasteiger partial charge on any atom is -0.484 e. The van der Waals surface area contributed by atoms with Gasteiger partial charge in [-0.15, -0.1) is 0 Å². The van der Waals surface area contributed by atoms with Gasteiger partial charge in [0, 0.05) is 25.2 Å². The maximum Gasteiger partial charge on any atom is 0.260 e. The molecule has 110 valence electrons. The molecule has 1 N–H and O–H groups in total. The zero-order valence-electron chi connectivity index (χ0n) is 11.4. The van der Waals surface area contributed by atoms with E-state index in [1.807, 2.05) is 7.05 Å². The van der Waals surface area contributed by atoms with Crippen LogP contribution >= 0.6 is 11.6 Å². The van der Waals surface area contributed by atoms with Crippen molar-refractivity contribution >= 4 is 17.5 Å². The number of likely N-dealkylation sites (N-methyl/N-ethyl adjacent to an activating group) is 1. The highest BCUT2D eigenvalue weighted by Crippen LogP contribution is 2.21. The van der Waals surface area contributed by atoms with Gasteiger partial charge >= 0.3 is 0 Å². The SMILES string of the molecule is CN[C@H]1CCCN(C(=O)COc2ccc(F)c(Cl)c2)C1. The number of piperidine rings is 1. The van der Waals surface area contributed by atoms with Crippen LogP contribution in [0.3, 0.4) is 0 Å². The predicted molar refractivity (Wildman–Crippen MR) is 75.6 cm³/mol. The highest BCUT2D eigenvalue weighted by molar-refractivity contribution is 6.30. The Bertz CT molecular complexity index is 484. The molecule has 1 heterocycles. The van der Waals surface area contributed by atoms with Crippen LogP contribution in [-0.2, 0) is 4.79 Å². The van der Waals surface area contributed by atoms with Crippen LogP contribution in [-0.4, -0.2) is 43.6 Å².